The molecule has 13 heavy (non-hydrogen) atoms. The molecule has 0 saturated heterocycles. The number of hydrogen-bond donors (Lipinski definition) is 2. The largest absolute Gasteiger partial charge is 0.315 e. The second-order valence-corrected chi connectivity index (χ2v) is 3.43. The van der Waals surface area contributed by atoms with Crippen molar-refractivity contribution in [2.24, 2.45) is 0 Å². The lowest BCUT2D eigenvalue weighted by molar-refractivity contribution is 0.782. The molecular weight excluding hydrogens is 166 g/mol. The number of aromatic nitrogens is 2. The van der Waals surface area contributed by atoms with Crippen LogP contribution in [0.4, 0.5) is 0 Å². The molecule has 0 amide bonds. The Morgan fingerprint density at radius 1 is 1.69 bits per heavy atom. The molecule has 1 aliphatic carbocycles. The van der Waals surface area contributed by atoms with Crippen LogP contribution in [0.2, 0.25) is 0 Å². The van der Waals surface area contributed by atoms with Crippen LogP contribution >= 0.6 is 0 Å². The monoisotopic (exact) mass is 179 g/mol. The Balaban J connectivity index is 2.26. The van der Waals surface area contributed by atoms with Crippen molar-refractivity contribution in [2.75, 3.05) is 7.05 Å². The normalized spacial score (nSPS) is 16.1. The maximum absolute atomic E-state index is 11.4. The van der Waals surface area contributed by atoms with Gasteiger partial charge in [0, 0.05) is 24.2 Å². The lowest BCUT2D eigenvalue weighted by Gasteiger charge is -2.00. The molecule has 0 unspecified atom stereocenters. The van der Waals surface area contributed by atoms with Crippen LogP contribution < -0.4 is 10.9 Å². The van der Waals surface area contributed by atoms with Crippen LogP contribution in [-0.2, 0) is 6.54 Å². The Labute approximate surface area is 76.4 Å². The van der Waals surface area contributed by atoms with E-state index >= 15 is 0 Å². The standard InChI is InChI=1S/C9H13N3O/c1-10-4-7-5-11-8(6-2-3-6)12-9(7)13/h5-6,10H,2-4H2,1H3,(H,11,12,13). The van der Waals surface area contributed by atoms with Crippen LogP contribution in [0.25, 0.3) is 0 Å². The highest BCUT2D eigenvalue weighted by molar-refractivity contribution is 5.10. The molecule has 2 rings (SSSR count). The SMILES string of the molecule is CNCc1cnc(C2CC2)[nH]c1=O. The first-order chi connectivity index (χ1) is 6.31. The minimum atomic E-state index is -0.00810. The van der Waals surface area contributed by atoms with Gasteiger partial charge in [-0.15, -0.1) is 0 Å². The summed E-state index contributed by atoms with van der Waals surface area (Å²) < 4.78 is 0. The number of nitrogens with one attached hydrogen (secondary N) is 2. The van der Waals surface area contributed by atoms with Crippen molar-refractivity contribution in [1.82, 2.24) is 15.3 Å². The fraction of sp³-hybridized carbons (Fsp3) is 0.556. The van der Waals surface area contributed by atoms with Gasteiger partial charge in [-0.05, 0) is 19.9 Å². The van der Waals surface area contributed by atoms with Crippen molar-refractivity contribution in [3.05, 3.63) is 27.9 Å². The molecule has 0 atom stereocenters. The average molecular weight is 179 g/mol. The minimum absolute atomic E-state index is 0.00810. The summed E-state index contributed by atoms with van der Waals surface area (Å²) in [5, 5.41) is 2.93. The number of hydrogen-bond acceptors (Lipinski definition) is 3. The van der Waals surface area contributed by atoms with Gasteiger partial charge in [0.15, 0.2) is 0 Å². The Hall–Kier alpha value is -1.16. The summed E-state index contributed by atoms with van der Waals surface area (Å²) in [6, 6.07) is 0. The summed E-state index contributed by atoms with van der Waals surface area (Å²) >= 11 is 0. The van der Waals surface area contributed by atoms with Crippen molar-refractivity contribution in [1.29, 1.82) is 0 Å². The molecule has 0 aliphatic heterocycles. The zero-order chi connectivity index (χ0) is 9.26. The van der Waals surface area contributed by atoms with Gasteiger partial charge in [-0.1, -0.05) is 0 Å². The maximum Gasteiger partial charge on any atom is 0.255 e. The van der Waals surface area contributed by atoms with Gasteiger partial charge in [0.05, 0.1) is 0 Å². The molecule has 1 fully saturated rings. The third-order valence-corrected chi connectivity index (χ3v) is 2.22. The van der Waals surface area contributed by atoms with Crippen LogP contribution in [0.5, 0.6) is 0 Å². The van der Waals surface area contributed by atoms with E-state index in [2.05, 4.69) is 15.3 Å². The first kappa shape index (κ1) is 8.44. The van der Waals surface area contributed by atoms with Crippen LogP contribution in [0.3, 0.4) is 0 Å². The minimum Gasteiger partial charge on any atom is -0.315 e. The zero-order valence-corrected chi connectivity index (χ0v) is 7.63. The Morgan fingerprint density at radius 3 is 3.00 bits per heavy atom. The van der Waals surface area contributed by atoms with Gasteiger partial charge < -0.3 is 10.3 Å². The fourth-order valence-electron chi connectivity index (χ4n) is 1.32. The number of nitrogens with zero attached hydrogens (tertiary/aromatic N) is 1. The highest BCUT2D eigenvalue weighted by Crippen LogP contribution is 2.37. The van der Waals surface area contributed by atoms with E-state index in [4.69, 9.17) is 0 Å². The molecule has 0 bridgehead atoms. The van der Waals surface area contributed by atoms with Gasteiger partial charge in [-0.2, -0.15) is 0 Å². The summed E-state index contributed by atoms with van der Waals surface area (Å²) in [5.74, 6) is 1.36. The molecule has 2 N–H and O–H groups in total. The Kier molecular flexibility index (Phi) is 2.14. The topological polar surface area (TPSA) is 57.8 Å². The van der Waals surface area contributed by atoms with Crippen molar-refractivity contribution in [2.45, 2.75) is 25.3 Å². The molecule has 4 nitrogen and oxygen atoms in total. The average Bonchev–Trinajstić information content (AvgIpc) is 2.91. The van der Waals surface area contributed by atoms with Gasteiger partial charge in [0.25, 0.3) is 5.56 Å². The van der Waals surface area contributed by atoms with Crippen LogP contribution in [0.15, 0.2) is 11.0 Å². The van der Waals surface area contributed by atoms with Gasteiger partial charge in [-0.3, -0.25) is 4.79 Å². The summed E-state index contributed by atoms with van der Waals surface area (Å²) in [5.41, 5.74) is 0.693. The van der Waals surface area contributed by atoms with Gasteiger partial charge in [-0.25, -0.2) is 4.98 Å². The van der Waals surface area contributed by atoms with E-state index in [1.807, 2.05) is 7.05 Å². The predicted molar refractivity (Wildman–Crippen MR) is 49.6 cm³/mol. The zero-order valence-electron chi connectivity index (χ0n) is 7.63. The molecule has 0 aromatic carbocycles. The van der Waals surface area contributed by atoms with Gasteiger partial charge >= 0.3 is 0 Å². The molecule has 1 heterocycles. The van der Waals surface area contributed by atoms with E-state index in [1.165, 1.54) is 0 Å². The van der Waals surface area contributed by atoms with Crippen LogP contribution in [0, 0.1) is 0 Å². The third-order valence-electron chi connectivity index (χ3n) is 2.22. The fourth-order valence-corrected chi connectivity index (χ4v) is 1.32. The maximum atomic E-state index is 11.4. The van der Waals surface area contributed by atoms with E-state index in [9.17, 15) is 4.79 Å². The highest BCUT2D eigenvalue weighted by atomic mass is 16.1. The highest BCUT2D eigenvalue weighted by Gasteiger charge is 2.25. The first-order valence-electron chi connectivity index (χ1n) is 4.54. The molecule has 4 heteroatoms. The molecule has 70 valence electrons. The van der Waals surface area contributed by atoms with E-state index in [1.54, 1.807) is 6.20 Å². The van der Waals surface area contributed by atoms with E-state index in [0.29, 0.717) is 18.0 Å². The van der Waals surface area contributed by atoms with Gasteiger partial charge in [0.1, 0.15) is 5.82 Å². The molecule has 1 saturated carbocycles. The molecule has 0 spiro atoms. The van der Waals surface area contributed by atoms with Crippen molar-refractivity contribution in [3.8, 4) is 0 Å². The quantitative estimate of drug-likeness (QED) is 0.704. The van der Waals surface area contributed by atoms with Crippen LogP contribution in [-0.4, -0.2) is 17.0 Å². The molecular formula is C9H13N3O. The number of aromatic amines is 1. The van der Waals surface area contributed by atoms with Gasteiger partial charge in [0.2, 0.25) is 0 Å². The smallest absolute Gasteiger partial charge is 0.255 e. The van der Waals surface area contributed by atoms with Crippen molar-refractivity contribution >= 4 is 0 Å². The van der Waals surface area contributed by atoms with E-state index in [-0.39, 0.29) is 5.56 Å². The molecule has 1 aromatic heterocycles. The number of H-pyrrole nitrogens is 1. The summed E-state index contributed by atoms with van der Waals surface area (Å²) in [7, 11) is 1.81. The summed E-state index contributed by atoms with van der Waals surface area (Å²) in [6.07, 6.45) is 3.99. The Morgan fingerprint density at radius 2 is 2.46 bits per heavy atom. The van der Waals surface area contributed by atoms with E-state index < -0.39 is 0 Å². The predicted octanol–water partition coefficient (Wildman–Crippen LogP) is 0.367. The van der Waals surface area contributed by atoms with Crippen molar-refractivity contribution in [3.63, 3.8) is 0 Å². The molecule has 1 aromatic rings. The Bertz CT molecular complexity index is 354. The number of rotatable bonds is 3. The van der Waals surface area contributed by atoms with E-state index in [0.717, 1.165) is 18.7 Å². The lowest BCUT2D eigenvalue weighted by Crippen LogP contribution is -2.20. The first-order valence-corrected chi connectivity index (χ1v) is 4.54. The summed E-state index contributed by atoms with van der Waals surface area (Å²) in [4.78, 5) is 18.5. The summed E-state index contributed by atoms with van der Waals surface area (Å²) in [6.45, 7) is 0.577. The lowest BCUT2D eigenvalue weighted by atomic mass is 10.3. The van der Waals surface area contributed by atoms with Crippen molar-refractivity contribution < 1.29 is 0 Å². The molecule has 0 radical (unpaired) electrons. The second-order valence-electron chi connectivity index (χ2n) is 3.43. The van der Waals surface area contributed by atoms with Crippen LogP contribution in [0.1, 0.15) is 30.1 Å². The second kappa shape index (κ2) is 3.30. The molecule has 1 aliphatic rings. The third kappa shape index (κ3) is 1.78.